The summed E-state index contributed by atoms with van der Waals surface area (Å²) in [7, 11) is 0. The summed E-state index contributed by atoms with van der Waals surface area (Å²) in [4.78, 5) is 20.1. The van der Waals surface area contributed by atoms with Crippen molar-refractivity contribution >= 4 is 17.2 Å². The number of benzene rings is 1. The van der Waals surface area contributed by atoms with Gasteiger partial charge in [0.1, 0.15) is 6.61 Å². The average molecular weight is 397 g/mol. The van der Waals surface area contributed by atoms with Gasteiger partial charge in [-0.1, -0.05) is 12.1 Å². The molecular formula is C22H24N2O3S. The zero-order valence-corrected chi connectivity index (χ0v) is 16.9. The molecule has 3 rings (SSSR count). The van der Waals surface area contributed by atoms with Crippen LogP contribution in [0.2, 0.25) is 0 Å². The van der Waals surface area contributed by atoms with E-state index in [9.17, 15) is 4.79 Å². The van der Waals surface area contributed by atoms with E-state index in [2.05, 4.69) is 4.98 Å². The number of pyridine rings is 1. The number of hydrogen-bond donors (Lipinski definition) is 0. The first-order valence-electron chi connectivity index (χ1n) is 9.31. The third-order valence-electron chi connectivity index (χ3n) is 4.20. The molecule has 0 aliphatic heterocycles. The summed E-state index contributed by atoms with van der Waals surface area (Å²) in [6.45, 7) is 6.03. The highest BCUT2D eigenvalue weighted by Gasteiger charge is 2.18. The minimum atomic E-state index is -0.0179. The molecule has 0 aliphatic carbocycles. The van der Waals surface area contributed by atoms with E-state index >= 15 is 0 Å². The normalized spacial score (nSPS) is 10.5. The maximum absolute atomic E-state index is 13.0. The third kappa shape index (κ3) is 5.10. The Balaban J connectivity index is 1.75. The fourth-order valence-corrected chi connectivity index (χ4v) is 3.49. The molecule has 0 radical (unpaired) electrons. The van der Waals surface area contributed by atoms with E-state index in [-0.39, 0.29) is 5.91 Å². The van der Waals surface area contributed by atoms with Crippen molar-refractivity contribution in [1.82, 2.24) is 9.88 Å². The second-order valence-electron chi connectivity index (χ2n) is 6.14. The van der Waals surface area contributed by atoms with Gasteiger partial charge in [0.15, 0.2) is 11.5 Å². The first-order valence-corrected chi connectivity index (χ1v) is 10.2. The molecule has 0 spiro atoms. The number of amides is 1. The lowest BCUT2D eigenvalue weighted by molar-refractivity contribution is 0.0753. The van der Waals surface area contributed by atoms with Crippen molar-refractivity contribution in [2.75, 3.05) is 13.2 Å². The first kappa shape index (κ1) is 19.9. The monoisotopic (exact) mass is 396 g/mol. The van der Waals surface area contributed by atoms with Gasteiger partial charge in [0.05, 0.1) is 13.2 Å². The van der Waals surface area contributed by atoms with Crippen LogP contribution in [0.4, 0.5) is 0 Å². The molecule has 5 nitrogen and oxygen atoms in total. The minimum absolute atomic E-state index is 0.0179. The smallest absolute Gasteiger partial charge is 0.254 e. The van der Waals surface area contributed by atoms with Gasteiger partial charge < -0.3 is 14.4 Å². The summed E-state index contributed by atoms with van der Waals surface area (Å²) in [5.41, 5.74) is 1.56. The molecule has 0 saturated heterocycles. The number of aromatic nitrogens is 1. The predicted molar refractivity (Wildman–Crippen MR) is 111 cm³/mol. The van der Waals surface area contributed by atoms with Gasteiger partial charge in [-0.25, -0.2) is 0 Å². The van der Waals surface area contributed by atoms with Crippen molar-refractivity contribution in [2.45, 2.75) is 27.0 Å². The van der Waals surface area contributed by atoms with Crippen molar-refractivity contribution in [1.29, 1.82) is 0 Å². The Morgan fingerprint density at radius 3 is 2.68 bits per heavy atom. The lowest BCUT2D eigenvalue weighted by Gasteiger charge is -2.21. The number of ether oxygens (including phenoxy) is 2. The number of rotatable bonds is 9. The molecular weight excluding hydrogens is 372 g/mol. The van der Waals surface area contributed by atoms with E-state index in [1.807, 2.05) is 48.4 Å². The highest BCUT2D eigenvalue weighted by molar-refractivity contribution is 7.09. The van der Waals surface area contributed by atoms with Crippen molar-refractivity contribution in [3.63, 3.8) is 0 Å². The summed E-state index contributed by atoms with van der Waals surface area (Å²) < 4.78 is 11.6. The Bertz CT molecular complexity index is 882. The van der Waals surface area contributed by atoms with Crippen LogP contribution in [0, 0.1) is 0 Å². The van der Waals surface area contributed by atoms with Gasteiger partial charge in [-0.3, -0.25) is 9.78 Å². The maximum Gasteiger partial charge on any atom is 0.254 e. The Kier molecular flexibility index (Phi) is 7.03. The lowest BCUT2D eigenvalue weighted by Crippen LogP contribution is -2.30. The largest absolute Gasteiger partial charge is 0.490 e. The zero-order chi connectivity index (χ0) is 19.8. The van der Waals surface area contributed by atoms with E-state index in [0.29, 0.717) is 43.4 Å². The summed E-state index contributed by atoms with van der Waals surface area (Å²) in [6.07, 6.45) is 3.49. The van der Waals surface area contributed by atoms with Gasteiger partial charge in [-0.15, -0.1) is 11.3 Å². The summed E-state index contributed by atoms with van der Waals surface area (Å²) in [6, 6.07) is 13.2. The van der Waals surface area contributed by atoms with Crippen LogP contribution in [0.5, 0.6) is 11.5 Å². The van der Waals surface area contributed by atoms with Crippen LogP contribution in [0.1, 0.15) is 34.6 Å². The molecule has 0 aliphatic rings. The van der Waals surface area contributed by atoms with E-state index in [4.69, 9.17) is 9.47 Å². The Morgan fingerprint density at radius 1 is 1.11 bits per heavy atom. The Labute approximate surface area is 169 Å². The topological polar surface area (TPSA) is 51.7 Å². The number of nitrogens with zero attached hydrogens (tertiary/aromatic N) is 2. The van der Waals surface area contributed by atoms with Gasteiger partial charge in [-0.05, 0) is 49.6 Å². The average Bonchev–Trinajstić information content (AvgIpc) is 3.25. The van der Waals surface area contributed by atoms with E-state index in [1.165, 1.54) is 0 Å². The molecule has 0 atom stereocenters. The number of carbonyl (C=O) groups is 1. The minimum Gasteiger partial charge on any atom is -0.490 e. The quantitative estimate of drug-likeness (QED) is 0.522. The standard InChI is InChI=1S/C22H24N2O3S/c1-3-24(15-19-8-6-12-28-19)22(25)18-9-10-20(21(13-18)26-4-2)27-16-17-7-5-11-23-14-17/h5-14H,3-4,15-16H2,1-2H3. The predicted octanol–water partition coefficient (Wildman–Crippen LogP) is 4.78. The van der Waals surface area contributed by atoms with Gasteiger partial charge >= 0.3 is 0 Å². The van der Waals surface area contributed by atoms with Crippen LogP contribution in [0.3, 0.4) is 0 Å². The van der Waals surface area contributed by atoms with E-state index < -0.39 is 0 Å². The zero-order valence-electron chi connectivity index (χ0n) is 16.1. The molecule has 6 heteroatoms. The molecule has 2 aromatic heterocycles. The molecule has 1 aromatic carbocycles. The van der Waals surface area contributed by atoms with Crippen LogP contribution in [-0.2, 0) is 13.2 Å². The number of carbonyl (C=O) groups excluding carboxylic acids is 1. The summed E-state index contributed by atoms with van der Waals surface area (Å²) in [5.74, 6) is 1.17. The van der Waals surface area contributed by atoms with Gasteiger partial charge in [-0.2, -0.15) is 0 Å². The molecule has 1 amide bonds. The van der Waals surface area contributed by atoms with E-state index in [0.717, 1.165) is 10.4 Å². The molecule has 0 fully saturated rings. The van der Waals surface area contributed by atoms with Crippen LogP contribution >= 0.6 is 11.3 Å². The van der Waals surface area contributed by atoms with Gasteiger partial charge in [0, 0.05) is 34.9 Å². The van der Waals surface area contributed by atoms with Crippen molar-refractivity contribution in [3.05, 3.63) is 76.2 Å². The molecule has 0 bridgehead atoms. The second kappa shape index (κ2) is 9.90. The fourth-order valence-electron chi connectivity index (χ4n) is 2.77. The summed E-state index contributed by atoms with van der Waals surface area (Å²) in [5, 5.41) is 2.02. The maximum atomic E-state index is 13.0. The highest BCUT2D eigenvalue weighted by Crippen LogP contribution is 2.30. The fraction of sp³-hybridized carbons (Fsp3) is 0.273. The second-order valence-corrected chi connectivity index (χ2v) is 7.18. The van der Waals surface area contributed by atoms with Crippen molar-refractivity contribution in [2.24, 2.45) is 0 Å². The SMILES string of the molecule is CCOc1cc(C(=O)N(CC)Cc2cccs2)ccc1OCc1cccnc1. The van der Waals surface area contributed by atoms with Crippen molar-refractivity contribution < 1.29 is 14.3 Å². The first-order chi connectivity index (χ1) is 13.7. The lowest BCUT2D eigenvalue weighted by atomic mass is 10.1. The third-order valence-corrected chi connectivity index (χ3v) is 5.06. The Hall–Kier alpha value is -2.86. The van der Waals surface area contributed by atoms with Crippen LogP contribution in [0.25, 0.3) is 0 Å². The van der Waals surface area contributed by atoms with Crippen LogP contribution in [0.15, 0.2) is 60.2 Å². The summed E-state index contributed by atoms with van der Waals surface area (Å²) >= 11 is 1.65. The van der Waals surface area contributed by atoms with Crippen LogP contribution < -0.4 is 9.47 Å². The Morgan fingerprint density at radius 2 is 2.00 bits per heavy atom. The number of hydrogen-bond acceptors (Lipinski definition) is 5. The van der Waals surface area contributed by atoms with Crippen molar-refractivity contribution in [3.8, 4) is 11.5 Å². The highest BCUT2D eigenvalue weighted by atomic mass is 32.1. The van der Waals surface area contributed by atoms with Gasteiger partial charge in [0.25, 0.3) is 5.91 Å². The number of thiophene rings is 1. The molecule has 28 heavy (non-hydrogen) atoms. The molecule has 0 saturated carbocycles. The molecule has 2 heterocycles. The van der Waals surface area contributed by atoms with Crippen LogP contribution in [-0.4, -0.2) is 28.9 Å². The van der Waals surface area contributed by atoms with E-state index in [1.54, 1.807) is 41.9 Å². The molecule has 3 aromatic rings. The molecule has 0 unspecified atom stereocenters. The molecule has 0 N–H and O–H groups in total. The van der Waals surface area contributed by atoms with Gasteiger partial charge in [0.2, 0.25) is 0 Å². The molecule has 146 valence electrons.